The minimum Gasteiger partial charge on any atom is -0.462 e. The summed E-state index contributed by atoms with van der Waals surface area (Å²) in [5.41, 5.74) is 4.66. The highest BCUT2D eigenvalue weighted by Gasteiger charge is 2.43. The van der Waals surface area contributed by atoms with Crippen LogP contribution in [0.3, 0.4) is 0 Å². The SMILES string of the molecule is CCOC(=O)c1ccc(N2C(=O)c3[nH]nc(-c4ccccc4)c3[C@H]2c2ccccc2Cl)cc1. The fourth-order valence-corrected chi connectivity index (χ4v) is 4.43. The zero-order chi connectivity index (χ0) is 22.9. The predicted molar refractivity (Wildman–Crippen MR) is 127 cm³/mol. The number of amides is 1. The Morgan fingerprint density at radius 3 is 2.42 bits per heavy atom. The summed E-state index contributed by atoms with van der Waals surface area (Å²) in [5, 5.41) is 7.97. The minimum atomic E-state index is -0.483. The third-order valence-corrected chi connectivity index (χ3v) is 6.02. The van der Waals surface area contributed by atoms with E-state index in [-0.39, 0.29) is 5.91 Å². The Labute approximate surface area is 195 Å². The van der Waals surface area contributed by atoms with Gasteiger partial charge >= 0.3 is 5.97 Å². The Balaban J connectivity index is 1.65. The maximum atomic E-state index is 13.6. The van der Waals surface area contributed by atoms with Crippen LogP contribution in [0.2, 0.25) is 5.02 Å². The quantitative estimate of drug-likeness (QED) is 0.392. The monoisotopic (exact) mass is 457 g/mol. The second kappa shape index (κ2) is 8.56. The van der Waals surface area contributed by atoms with Crippen molar-refractivity contribution in [1.29, 1.82) is 0 Å². The van der Waals surface area contributed by atoms with Gasteiger partial charge in [-0.2, -0.15) is 5.10 Å². The molecule has 0 fully saturated rings. The summed E-state index contributed by atoms with van der Waals surface area (Å²) in [7, 11) is 0. The number of halogens is 1. The van der Waals surface area contributed by atoms with Crippen molar-refractivity contribution < 1.29 is 14.3 Å². The molecule has 7 heteroatoms. The summed E-state index contributed by atoms with van der Waals surface area (Å²) >= 11 is 6.61. The van der Waals surface area contributed by atoms with Gasteiger partial charge in [0.05, 0.1) is 23.9 Å². The van der Waals surface area contributed by atoms with Crippen LogP contribution >= 0.6 is 11.6 Å². The van der Waals surface area contributed by atoms with Crippen LogP contribution in [0.4, 0.5) is 5.69 Å². The number of rotatable bonds is 5. The summed E-state index contributed by atoms with van der Waals surface area (Å²) in [4.78, 5) is 27.3. The number of hydrogen-bond acceptors (Lipinski definition) is 4. The number of esters is 1. The largest absolute Gasteiger partial charge is 0.462 e. The maximum Gasteiger partial charge on any atom is 0.338 e. The number of aromatic amines is 1. The van der Waals surface area contributed by atoms with Crippen molar-refractivity contribution in [3.63, 3.8) is 0 Å². The average Bonchev–Trinajstić information content (AvgIpc) is 3.39. The summed E-state index contributed by atoms with van der Waals surface area (Å²) in [6.45, 7) is 2.05. The number of aromatic nitrogens is 2. The van der Waals surface area contributed by atoms with Crippen LogP contribution in [0.5, 0.6) is 0 Å². The molecule has 1 N–H and O–H groups in total. The van der Waals surface area contributed by atoms with Gasteiger partial charge in [-0.1, -0.05) is 60.1 Å². The summed E-state index contributed by atoms with van der Waals surface area (Å²) in [5.74, 6) is -0.617. The van der Waals surface area contributed by atoms with Crippen LogP contribution in [0, 0.1) is 0 Å². The molecule has 164 valence electrons. The van der Waals surface area contributed by atoms with Gasteiger partial charge in [0.2, 0.25) is 0 Å². The number of hydrogen-bond donors (Lipinski definition) is 1. The van der Waals surface area contributed by atoms with Crippen molar-refractivity contribution in [1.82, 2.24) is 10.2 Å². The van der Waals surface area contributed by atoms with E-state index in [2.05, 4.69) is 10.2 Å². The van der Waals surface area contributed by atoms with Crippen molar-refractivity contribution in [3.05, 3.63) is 106 Å². The zero-order valence-corrected chi connectivity index (χ0v) is 18.5. The molecule has 0 spiro atoms. The van der Waals surface area contributed by atoms with Crippen LogP contribution in [-0.4, -0.2) is 28.7 Å². The average molecular weight is 458 g/mol. The Kier molecular flexibility index (Phi) is 5.44. The van der Waals surface area contributed by atoms with Gasteiger partial charge in [0, 0.05) is 21.8 Å². The van der Waals surface area contributed by atoms with E-state index < -0.39 is 12.0 Å². The number of fused-ring (bicyclic) bond motifs is 1. The van der Waals surface area contributed by atoms with E-state index in [0.717, 1.165) is 16.7 Å². The molecule has 0 aliphatic carbocycles. The molecule has 0 saturated carbocycles. The lowest BCUT2D eigenvalue weighted by Crippen LogP contribution is -2.29. The van der Waals surface area contributed by atoms with Gasteiger partial charge in [-0.3, -0.25) is 14.8 Å². The Morgan fingerprint density at radius 2 is 1.73 bits per heavy atom. The second-order valence-electron chi connectivity index (χ2n) is 7.59. The van der Waals surface area contributed by atoms with E-state index in [1.807, 2.05) is 54.6 Å². The first-order valence-corrected chi connectivity index (χ1v) is 11.0. The third-order valence-electron chi connectivity index (χ3n) is 5.67. The molecule has 1 amide bonds. The van der Waals surface area contributed by atoms with Crippen LogP contribution in [0.1, 0.15) is 44.9 Å². The highest BCUT2D eigenvalue weighted by atomic mass is 35.5. The van der Waals surface area contributed by atoms with Gasteiger partial charge in [-0.05, 0) is 42.8 Å². The Bertz CT molecular complexity index is 1330. The van der Waals surface area contributed by atoms with Gasteiger partial charge in [0.25, 0.3) is 5.91 Å². The molecule has 6 nitrogen and oxygen atoms in total. The number of anilines is 1. The van der Waals surface area contributed by atoms with Crippen LogP contribution in [0.25, 0.3) is 11.3 Å². The molecule has 0 bridgehead atoms. The lowest BCUT2D eigenvalue weighted by atomic mass is 9.95. The fourth-order valence-electron chi connectivity index (χ4n) is 4.19. The van der Waals surface area contributed by atoms with Crippen LogP contribution in [0.15, 0.2) is 78.9 Å². The number of nitrogens with one attached hydrogen (secondary N) is 1. The summed E-state index contributed by atoms with van der Waals surface area (Å²) in [6, 6.07) is 23.5. The fraction of sp³-hybridized carbons (Fsp3) is 0.115. The normalized spacial score (nSPS) is 14.9. The first kappa shape index (κ1) is 21.0. The molecule has 1 aliphatic heterocycles. The first-order valence-electron chi connectivity index (χ1n) is 10.6. The number of benzene rings is 3. The van der Waals surface area contributed by atoms with E-state index in [1.54, 1.807) is 36.1 Å². The summed E-state index contributed by atoms with van der Waals surface area (Å²) < 4.78 is 5.07. The number of ether oxygens (including phenoxy) is 1. The molecular formula is C26H20ClN3O3. The number of carbonyl (C=O) groups is 2. The zero-order valence-electron chi connectivity index (χ0n) is 17.8. The standard InChI is InChI=1S/C26H20ClN3O3/c1-2-33-26(32)17-12-14-18(15-13-17)30-24(19-10-6-7-11-20(19)27)21-22(16-8-4-3-5-9-16)28-29-23(21)25(30)31/h3-15,24H,2H2,1H3,(H,28,29)/t24-/m1/s1. The van der Waals surface area contributed by atoms with Crippen LogP contribution in [-0.2, 0) is 4.74 Å². The van der Waals surface area contributed by atoms with Gasteiger partial charge < -0.3 is 4.74 Å². The van der Waals surface area contributed by atoms with Crippen LogP contribution < -0.4 is 4.90 Å². The molecule has 33 heavy (non-hydrogen) atoms. The highest BCUT2D eigenvalue weighted by Crippen LogP contribution is 2.46. The molecule has 1 aromatic heterocycles. The van der Waals surface area contributed by atoms with E-state index in [0.29, 0.717) is 34.3 Å². The molecule has 0 saturated heterocycles. The van der Waals surface area contributed by atoms with Crippen molar-refractivity contribution in [2.24, 2.45) is 0 Å². The molecule has 1 aliphatic rings. The van der Waals surface area contributed by atoms with Crippen molar-refractivity contribution >= 4 is 29.2 Å². The predicted octanol–water partition coefficient (Wildman–Crippen LogP) is 5.66. The minimum absolute atomic E-state index is 0.214. The summed E-state index contributed by atoms with van der Waals surface area (Å²) in [6.07, 6.45) is 0. The number of nitrogens with zero attached hydrogens (tertiary/aromatic N) is 2. The van der Waals surface area contributed by atoms with Gasteiger partial charge in [-0.15, -0.1) is 0 Å². The molecule has 2 heterocycles. The highest BCUT2D eigenvalue weighted by molar-refractivity contribution is 6.31. The lowest BCUT2D eigenvalue weighted by Gasteiger charge is -2.27. The van der Waals surface area contributed by atoms with Crippen molar-refractivity contribution in [3.8, 4) is 11.3 Å². The second-order valence-corrected chi connectivity index (χ2v) is 8.00. The van der Waals surface area contributed by atoms with Gasteiger partial charge in [0.1, 0.15) is 5.69 Å². The van der Waals surface area contributed by atoms with E-state index >= 15 is 0 Å². The maximum absolute atomic E-state index is 13.6. The van der Waals surface area contributed by atoms with Crippen molar-refractivity contribution in [2.75, 3.05) is 11.5 Å². The molecular weight excluding hydrogens is 438 g/mol. The topological polar surface area (TPSA) is 75.3 Å². The molecule has 5 rings (SSSR count). The van der Waals surface area contributed by atoms with E-state index in [9.17, 15) is 9.59 Å². The Hall–Kier alpha value is -3.90. The smallest absolute Gasteiger partial charge is 0.338 e. The number of H-pyrrole nitrogens is 1. The molecule has 0 radical (unpaired) electrons. The third kappa shape index (κ3) is 3.58. The molecule has 4 aromatic rings. The van der Waals surface area contributed by atoms with Gasteiger partial charge in [-0.25, -0.2) is 4.79 Å². The molecule has 3 aromatic carbocycles. The van der Waals surface area contributed by atoms with E-state index in [4.69, 9.17) is 16.3 Å². The number of carbonyl (C=O) groups excluding carboxylic acids is 2. The molecule has 0 unspecified atom stereocenters. The first-order chi connectivity index (χ1) is 16.1. The Morgan fingerprint density at radius 1 is 1.03 bits per heavy atom. The lowest BCUT2D eigenvalue weighted by molar-refractivity contribution is 0.0526. The van der Waals surface area contributed by atoms with Crippen molar-refractivity contribution in [2.45, 2.75) is 13.0 Å². The van der Waals surface area contributed by atoms with Gasteiger partial charge in [0.15, 0.2) is 0 Å². The molecule has 1 atom stereocenters. The van der Waals surface area contributed by atoms with E-state index in [1.165, 1.54) is 0 Å².